The van der Waals surface area contributed by atoms with E-state index in [4.69, 9.17) is 21.3 Å². The molecule has 224 valence electrons. The molecule has 1 atom stereocenters. The first-order valence-corrected chi connectivity index (χ1v) is 14.2. The van der Waals surface area contributed by atoms with Crippen LogP contribution in [0.3, 0.4) is 0 Å². The number of nitrogens with zero attached hydrogens (tertiary/aromatic N) is 6. The number of hydrogen-bond donors (Lipinski definition) is 1. The van der Waals surface area contributed by atoms with Gasteiger partial charge in [0.2, 0.25) is 5.88 Å². The minimum Gasteiger partial charge on any atom is -0.481 e. The molecular weight excluding hydrogens is 586 g/mol. The van der Waals surface area contributed by atoms with Crippen molar-refractivity contribution < 1.29 is 18.6 Å². The average Bonchev–Trinajstić information content (AvgIpc) is 3.71. The topological polar surface area (TPSA) is 90.9 Å². The molecule has 2 aromatic carbocycles. The van der Waals surface area contributed by atoms with Crippen LogP contribution < -0.4 is 4.74 Å². The molecule has 0 amide bonds. The standard InChI is InChI=1S/C33H29ClF2N6O2/c1-20-14-23(33(43,28-18-37-19-41(28)3)22-8-11-27(38-17-22)32(2,35)36)16-25-29(34)26(31(44-4)40-30(20)25)15-21-6-9-24(10-7-21)42-13-5-12-39-42/h5-14,16-19,43H,15H2,1-4H3. The second kappa shape index (κ2) is 11.1. The van der Waals surface area contributed by atoms with E-state index in [1.165, 1.54) is 24.5 Å². The van der Waals surface area contributed by atoms with Crippen LogP contribution in [0.2, 0.25) is 5.02 Å². The van der Waals surface area contributed by atoms with Crippen molar-refractivity contribution in [2.75, 3.05) is 7.11 Å². The molecule has 0 aliphatic rings. The van der Waals surface area contributed by atoms with Crippen LogP contribution in [0.4, 0.5) is 8.78 Å². The van der Waals surface area contributed by atoms with Gasteiger partial charge in [-0.3, -0.25) is 4.98 Å². The number of aryl methyl sites for hydroxylation is 2. The van der Waals surface area contributed by atoms with Crippen molar-refractivity contribution in [3.05, 3.63) is 130 Å². The van der Waals surface area contributed by atoms with Gasteiger partial charge >= 0.3 is 0 Å². The Hall–Kier alpha value is -4.67. The summed E-state index contributed by atoms with van der Waals surface area (Å²) in [6.07, 6.45) is 8.40. The number of pyridine rings is 2. The van der Waals surface area contributed by atoms with Crippen LogP contribution in [0.5, 0.6) is 5.88 Å². The number of rotatable bonds is 8. The summed E-state index contributed by atoms with van der Waals surface area (Å²) in [5, 5.41) is 17.8. The molecule has 1 unspecified atom stereocenters. The van der Waals surface area contributed by atoms with Crippen molar-refractivity contribution in [2.24, 2.45) is 7.05 Å². The first-order chi connectivity index (χ1) is 21.0. The van der Waals surface area contributed by atoms with Crippen LogP contribution in [0.15, 0.2) is 85.7 Å². The number of benzene rings is 2. The Morgan fingerprint density at radius 2 is 1.82 bits per heavy atom. The Bertz CT molecular complexity index is 1950. The first kappa shape index (κ1) is 29.4. The number of aliphatic hydroxyl groups is 1. The SMILES string of the molecule is COc1nc2c(C)cc(C(O)(c3ccc(C(C)(F)F)nc3)c3cncn3C)cc2c(Cl)c1Cc1ccc(-n2cccn2)cc1. The highest BCUT2D eigenvalue weighted by Gasteiger charge is 2.38. The van der Waals surface area contributed by atoms with E-state index in [1.54, 1.807) is 48.1 Å². The Balaban J connectivity index is 1.49. The lowest BCUT2D eigenvalue weighted by atomic mass is 9.82. The smallest absolute Gasteiger partial charge is 0.286 e. The van der Waals surface area contributed by atoms with E-state index in [1.807, 2.05) is 43.5 Å². The number of alkyl halides is 2. The number of imidazole rings is 1. The minimum absolute atomic E-state index is 0.294. The van der Waals surface area contributed by atoms with Gasteiger partial charge in [-0.25, -0.2) is 14.6 Å². The van der Waals surface area contributed by atoms with E-state index in [9.17, 15) is 13.9 Å². The molecule has 0 bridgehead atoms. The maximum absolute atomic E-state index is 14.0. The summed E-state index contributed by atoms with van der Waals surface area (Å²) in [6.45, 7) is 2.65. The van der Waals surface area contributed by atoms with E-state index in [2.05, 4.69) is 15.1 Å². The Labute approximate surface area is 257 Å². The fourth-order valence-electron chi connectivity index (χ4n) is 5.48. The van der Waals surface area contributed by atoms with E-state index < -0.39 is 17.2 Å². The molecule has 0 saturated heterocycles. The summed E-state index contributed by atoms with van der Waals surface area (Å²) in [7, 11) is 3.30. The average molecular weight is 615 g/mol. The van der Waals surface area contributed by atoms with Crippen molar-refractivity contribution in [1.82, 2.24) is 29.3 Å². The molecule has 8 nitrogen and oxygen atoms in total. The molecule has 0 fully saturated rings. The lowest BCUT2D eigenvalue weighted by Crippen LogP contribution is -2.31. The number of hydrogen-bond acceptors (Lipinski definition) is 6. The van der Waals surface area contributed by atoms with E-state index in [-0.39, 0.29) is 0 Å². The lowest BCUT2D eigenvalue weighted by Gasteiger charge is -2.30. The van der Waals surface area contributed by atoms with Crippen LogP contribution in [-0.2, 0) is 25.0 Å². The molecule has 0 aliphatic heterocycles. The number of aromatic nitrogens is 6. The Morgan fingerprint density at radius 1 is 1.05 bits per heavy atom. The second-order valence-electron chi connectivity index (χ2n) is 10.8. The normalized spacial score (nSPS) is 13.3. The monoisotopic (exact) mass is 614 g/mol. The van der Waals surface area contributed by atoms with Crippen molar-refractivity contribution in [3.63, 3.8) is 0 Å². The molecule has 4 aromatic heterocycles. The fourth-order valence-corrected chi connectivity index (χ4v) is 5.77. The third-order valence-corrected chi connectivity index (χ3v) is 8.22. The molecular formula is C33H29ClF2N6O2. The highest BCUT2D eigenvalue weighted by molar-refractivity contribution is 6.36. The van der Waals surface area contributed by atoms with E-state index in [0.29, 0.717) is 50.6 Å². The molecule has 0 spiro atoms. The summed E-state index contributed by atoms with van der Waals surface area (Å²) in [4.78, 5) is 13.0. The van der Waals surface area contributed by atoms with Gasteiger partial charge in [0.05, 0.1) is 41.6 Å². The van der Waals surface area contributed by atoms with Gasteiger partial charge in [-0.1, -0.05) is 35.9 Å². The number of methoxy groups -OCH3 is 1. The van der Waals surface area contributed by atoms with Gasteiger partial charge in [-0.15, -0.1) is 0 Å². The molecule has 0 radical (unpaired) electrons. The molecule has 6 aromatic rings. The van der Waals surface area contributed by atoms with Crippen LogP contribution in [-0.4, -0.2) is 41.5 Å². The Morgan fingerprint density at radius 3 is 2.41 bits per heavy atom. The summed E-state index contributed by atoms with van der Waals surface area (Å²) in [5.41, 5.74) is 2.91. The fraction of sp³-hybridized carbons (Fsp3) is 0.212. The van der Waals surface area contributed by atoms with Crippen molar-refractivity contribution in [2.45, 2.75) is 31.8 Å². The highest BCUT2D eigenvalue weighted by Crippen LogP contribution is 2.42. The van der Waals surface area contributed by atoms with Crippen molar-refractivity contribution >= 4 is 22.5 Å². The summed E-state index contributed by atoms with van der Waals surface area (Å²) < 4.78 is 37.1. The lowest BCUT2D eigenvalue weighted by molar-refractivity contribution is 0.0125. The van der Waals surface area contributed by atoms with Gasteiger partial charge in [0.15, 0.2) is 5.60 Å². The summed E-state index contributed by atoms with van der Waals surface area (Å²) in [6, 6.07) is 16.1. The van der Waals surface area contributed by atoms with Gasteiger partial charge in [0.1, 0.15) is 5.69 Å². The molecule has 4 heterocycles. The first-order valence-electron chi connectivity index (χ1n) is 13.8. The van der Waals surface area contributed by atoms with Crippen LogP contribution in [0.1, 0.15) is 46.1 Å². The van der Waals surface area contributed by atoms with Gasteiger partial charge in [-0.2, -0.15) is 13.9 Å². The summed E-state index contributed by atoms with van der Waals surface area (Å²) >= 11 is 7.13. The number of ether oxygens (including phenoxy) is 1. The summed E-state index contributed by atoms with van der Waals surface area (Å²) in [5.74, 6) is -2.73. The highest BCUT2D eigenvalue weighted by atomic mass is 35.5. The zero-order valence-corrected chi connectivity index (χ0v) is 25.2. The second-order valence-corrected chi connectivity index (χ2v) is 11.2. The molecule has 1 N–H and O–H groups in total. The van der Waals surface area contributed by atoms with Gasteiger partial charge in [-0.05, 0) is 53.9 Å². The predicted molar refractivity (Wildman–Crippen MR) is 164 cm³/mol. The molecule has 6 rings (SSSR count). The maximum atomic E-state index is 14.0. The number of halogens is 3. The third-order valence-electron chi connectivity index (χ3n) is 7.79. The van der Waals surface area contributed by atoms with Crippen LogP contribution >= 0.6 is 11.6 Å². The quantitative estimate of drug-likeness (QED) is 0.210. The van der Waals surface area contributed by atoms with Gasteiger partial charge in [0.25, 0.3) is 5.92 Å². The van der Waals surface area contributed by atoms with Crippen LogP contribution in [0.25, 0.3) is 16.6 Å². The van der Waals surface area contributed by atoms with Gasteiger partial charge < -0.3 is 14.4 Å². The zero-order valence-electron chi connectivity index (χ0n) is 24.5. The predicted octanol–water partition coefficient (Wildman–Crippen LogP) is 6.51. The minimum atomic E-state index is -3.13. The largest absolute Gasteiger partial charge is 0.481 e. The molecule has 11 heteroatoms. The third kappa shape index (κ3) is 5.10. The maximum Gasteiger partial charge on any atom is 0.286 e. The van der Waals surface area contributed by atoms with Crippen molar-refractivity contribution in [1.29, 1.82) is 0 Å². The molecule has 0 saturated carbocycles. The number of fused-ring (bicyclic) bond motifs is 1. The zero-order chi connectivity index (χ0) is 31.2. The Kier molecular flexibility index (Phi) is 7.43. The van der Waals surface area contributed by atoms with Crippen molar-refractivity contribution in [3.8, 4) is 11.6 Å². The van der Waals surface area contributed by atoms with Crippen LogP contribution in [0, 0.1) is 6.92 Å². The molecule has 44 heavy (non-hydrogen) atoms. The van der Waals surface area contributed by atoms with E-state index >= 15 is 0 Å². The molecule has 0 aliphatic carbocycles. The van der Waals surface area contributed by atoms with Gasteiger partial charge in [0, 0.05) is 55.5 Å². The van der Waals surface area contributed by atoms with E-state index in [0.717, 1.165) is 23.7 Å².